The second-order valence-electron chi connectivity index (χ2n) is 6.50. The number of hydrogen-bond acceptors (Lipinski definition) is 5. The van der Waals surface area contributed by atoms with Crippen LogP contribution in [0, 0.1) is 0 Å². The maximum absolute atomic E-state index is 11.8. The maximum Gasteiger partial charge on any atom is 0.341 e. The lowest BCUT2D eigenvalue weighted by Gasteiger charge is -2.14. The van der Waals surface area contributed by atoms with Crippen molar-refractivity contribution in [2.24, 2.45) is 0 Å². The second-order valence-corrected chi connectivity index (χ2v) is 6.50. The number of carbonyl (C=O) groups is 1. The number of methoxy groups -OCH3 is 2. The highest BCUT2D eigenvalue weighted by Gasteiger charge is 2.13. The highest BCUT2D eigenvalue weighted by atomic mass is 16.5. The first-order valence-electron chi connectivity index (χ1n) is 9.22. The Kier molecular flexibility index (Phi) is 5.16. The first kappa shape index (κ1) is 18.6. The fraction of sp³-hybridized carbons (Fsp3) is 0.130. The SMILES string of the molecule is COC(=O)c1ccc(CNc2ccccc2-n2cnc3ccccc32)cc1OC. The zero-order valence-electron chi connectivity index (χ0n) is 16.3. The molecule has 0 aliphatic heterocycles. The highest BCUT2D eigenvalue weighted by molar-refractivity contribution is 5.92. The van der Waals surface area contributed by atoms with Gasteiger partial charge in [-0.05, 0) is 42.0 Å². The van der Waals surface area contributed by atoms with E-state index < -0.39 is 5.97 Å². The lowest BCUT2D eigenvalue weighted by molar-refractivity contribution is 0.0597. The normalized spacial score (nSPS) is 10.7. The molecular weight excluding hydrogens is 366 g/mol. The molecule has 29 heavy (non-hydrogen) atoms. The minimum atomic E-state index is -0.418. The van der Waals surface area contributed by atoms with Gasteiger partial charge in [-0.1, -0.05) is 30.3 Å². The second kappa shape index (κ2) is 8.06. The molecule has 1 N–H and O–H groups in total. The quantitative estimate of drug-likeness (QED) is 0.496. The van der Waals surface area contributed by atoms with Gasteiger partial charge in [-0.25, -0.2) is 9.78 Å². The summed E-state index contributed by atoms with van der Waals surface area (Å²) in [6, 6.07) is 21.6. The lowest BCUT2D eigenvalue weighted by Crippen LogP contribution is -2.07. The van der Waals surface area contributed by atoms with Crippen LogP contribution < -0.4 is 10.1 Å². The zero-order chi connectivity index (χ0) is 20.2. The summed E-state index contributed by atoms with van der Waals surface area (Å²) in [6.45, 7) is 0.571. The van der Waals surface area contributed by atoms with Crippen molar-refractivity contribution >= 4 is 22.7 Å². The minimum absolute atomic E-state index is 0.407. The molecule has 0 saturated heterocycles. The summed E-state index contributed by atoms with van der Waals surface area (Å²) in [4.78, 5) is 16.3. The summed E-state index contributed by atoms with van der Waals surface area (Å²) in [5.41, 5.74) is 5.38. The molecule has 6 nitrogen and oxygen atoms in total. The molecule has 4 aromatic rings. The summed E-state index contributed by atoms with van der Waals surface area (Å²) in [7, 11) is 2.90. The van der Waals surface area contributed by atoms with Gasteiger partial charge in [0.25, 0.3) is 0 Å². The van der Waals surface area contributed by atoms with Crippen molar-refractivity contribution in [3.05, 3.63) is 84.2 Å². The van der Waals surface area contributed by atoms with Crippen LogP contribution in [0.25, 0.3) is 16.7 Å². The third kappa shape index (κ3) is 3.65. The van der Waals surface area contributed by atoms with E-state index in [-0.39, 0.29) is 0 Å². The Morgan fingerprint density at radius 2 is 1.83 bits per heavy atom. The van der Waals surface area contributed by atoms with E-state index in [1.165, 1.54) is 7.11 Å². The van der Waals surface area contributed by atoms with Crippen molar-refractivity contribution in [3.63, 3.8) is 0 Å². The number of nitrogens with one attached hydrogen (secondary N) is 1. The number of anilines is 1. The van der Waals surface area contributed by atoms with Crippen LogP contribution in [-0.2, 0) is 11.3 Å². The number of benzene rings is 3. The van der Waals surface area contributed by atoms with Crippen LogP contribution in [0.5, 0.6) is 5.75 Å². The Labute approximate surface area is 168 Å². The average molecular weight is 387 g/mol. The van der Waals surface area contributed by atoms with Gasteiger partial charge in [0.05, 0.1) is 36.6 Å². The molecule has 4 rings (SSSR count). The number of hydrogen-bond donors (Lipinski definition) is 1. The van der Waals surface area contributed by atoms with Crippen molar-refractivity contribution in [3.8, 4) is 11.4 Å². The fourth-order valence-electron chi connectivity index (χ4n) is 3.31. The average Bonchev–Trinajstić information content (AvgIpc) is 3.21. The molecule has 0 aliphatic rings. The molecule has 0 bridgehead atoms. The van der Waals surface area contributed by atoms with Crippen LogP contribution in [-0.4, -0.2) is 29.7 Å². The summed E-state index contributed by atoms with van der Waals surface area (Å²) in [5, 5.41) is 3.48. The smallest absolute Gasteiger partial charge is 0.341 e. The first-order chi connectivity index (χ1) is 14.2. The largest absolute Gasteiger partial charge is 0.496 e. The molecule has 0 unspecified atom stereocenters. The molecule has 0 saturated carbocycles. The number of fused-ring (bicyclic) bond motifs is 1. The molecule has 0 radical (unpaired) electrons. The fourth-order valence-corrected chi connectivity index (χ4v) is 3.31. The van der Waals surface area contributed by atoms with Crippen molar-refractivity contribution < 1.29 is 14.3 Å². The molecule has 0 aliphatic carbocycles. The number of esters is 1. The maximum atomic E-state index is 11.8. The van der Waals surface area contributed by atoms with E-state index in [1.54, 1.807) is 13.2 Å². The van der Waals surface area contributed by atoms with Gasteiger partial charge in [-0.15, -0.1) is 0 Å². The number of ether oxygens (including phenoxy) is 2. The Morgan fingerprint density at radius 1 is 1.03 bits per heavy atom. The van der Waals surface area contributed by atoms with Gasteiger partial charge in [-0.2, -0.15) is 0 Å². The first-order valence-corrected chi connectivity index (χ1v) is 9.22. The van der Waals surface area contributed by atoms with Crippen molar-refractivity contribution in [2.75, 3.05) is 19.5 Å². The molecule has 0 atom stereocenters. The predicted octanol–water partition coefficient (Wildman–Crippen LogP) is 4.43. The van der Waals surface area contributed by atoms with E-state index >= 15 is 0 Å². The number of nitrogens with zero attached hydrogens (tertiary/aromatic N) is 2. The van der Waals surface area contributed by atoms with Crippen LogP contribution in [0.4, 0.5) is 5.69 Å². The molecule has 1 aromatic heterocycles. The molecule has 0 fully saturated rings. The van der Waals surface area contributed by atoms with Gasteiger partial charge < -0.3 is 14.8 Å². The summed E-state index contributed by atoms with van der Waals surface area (Å²) >= 11 is 0. The van der Waals surface area contributed by atoms with E-state index in [2.05, 4.69) is 27.0 Å². The van der Waals surface area contributed by atoms with Crippen molar-refractivity contribution in [2.45, 2.75) is 6.54 Å². The Bertz CT molecular complexity index is 1170. The van der Waals surface area contributed by atoms with Gasteiger partial charge in [-0.3, -0.25) is 4.57 Å². The molecular formula is C23H21N3O3. The van der Waals surface area contributed by atoms with Gasteiger partial charge in [0.1, 0.15) is 17.6 Å². The third-order valence-corrected chi connectivity index (χ3v) is 4.77. The Morgan fingerprint density at radius 3 is 2.66 bits per heavy atom. The Balaban J connectivity index is 1.61. The molecule has 3 aromatic carbocycles. The van der Waals surface area contributed by atoms with E-state index in [0.717, 1.165) is 28.0 Å². The van der Waals surface area contributed by atoms with Gasteiger partial charge in [0.2, 0.25) is 0 Å². The number of rotatable bonds is 6. The number of imidazole rings is 1. The van der Waals surface area contributed by atoms with Crippen LogP contribution in [0.3, 0.4) is 0 Å². The molecule has 0 amide bonds. The van der Waals surface area contributed by atoms with Gasteiger partial charge in [0.15, 0.2) is 0 Å². The van der Waals surface area contributed by atoms with E-state index in [4.69, 9.17) is 9.47 Å². The molecule has 146 valence electrons. The predicted molar refractivity (Wildman–Crippen MR) is 113 cm³/mol. The third-order valence-electron chi connectivity index (χ3n) is 4.77. The van der Waals surface area contributed by atoms with Gasteiger partial charge in [0, 0.05) is 6.54 Å². The van der Waals surface area contributed by atoms with E-state index in [9.17, 15) is 4.79 Å². The van der Waals surface area contributed by atoms with Crippen LogP contribution in [0.2, 0.25) is 0 Å². The molecule has 0 spiro atoms. The zero-order valence-corrected chi connectivity index (χ0v) is 16.3. The summed E-state index contributed by atoms with van der Waals surface area (Å²) in [6.07, 6.45) is 1.83. The summed E-state index contributed by atoms with van der Waals surface area (Å²) < 4.78 is 12.2. The minimum Gasteiger partial charge on any atom is -0.496 e. The van der Waals surface area contributed by atoms with E-state index in [1.807, 2.05) is 54.9 Å². The summed E-state index contributed by atoms with van der Waals surface area (Å²) in [5.74, 6) is 0.0729. The van der Waals surface area contributed by atoms with Crippen molar-refractivity contribution in [1.29, 1.82) is 0 Å². The van der Waals surface area contributed by atoms with Crippen LogP contribution in [0.1, 0.15) is 15.9 Å². The molecule has 1 heterocycles. The van der Waals surface area contributed by atoms with E-state index in [0.29, 0.717) is 17.9 Å². The standard InChI is InChI=1S/C23H21N3O3/c1-28-22-13-16(11-12-17(22)23(27)29-2)14-24-18-7-3-5-9-20(18)26-15-25-19-8-4-6-10-21(19)26/h3-13,15,24H,14H2,1-2H3. The van der Waals surface area contributed by atoms with Crippen molar-refractivity contribution in [1.82, 2.24) is 9.55 Å². The van der Waals surface area contributed by atoms with Gasteiger partial charge >= 0.3 is 5.97 Å². The topological polar surface area (TPSA) is 65.4 Å². The highest BCUT2D eigenvalue weighted by Crippen LogP contribution is 2.26. The number of para-hydroxylation sites is 4. The van der Waals surface area contributed by atoms with Crippen LogP contribution >= 0.6 is 0 Å². The molecule has 6 heteroatoms. The number of carbonyl (C=O) groups excluding carboxylic acids is 1. The Hall–Kier alpha value is -3.80. The number of aromatic nitrogens is 2. The monoisotopic (exact) mass is 387 g/mol. The van der Waals surface area contributed by atoms with Crippen LogP contribution in [0.15, 0.2) is 73.1 Å². The lowest BCUT2D eigenvalue weighted by atomic mass is 10.1.